The summed E-state index contributed by atoms with van der Waals surface area (Å²) in [7, 11) is 0. The number of halogens is 1. The van der Waals surface area contributed by atoms with Gasteiger partial charge in [0.25, 0.3) is 5.91 Å². The van der Waals surface area contributed by atoms with Gasteiger partial charge in [-0.1, -0.05) is 33.3 Å². The number of piperazine rings is 1. The summed E-state index contributed by atoms with van der Waals surface area (Å²) in [4.78, 5) is 39.2. The number of hydrogen-bond acceptors (Lipinski definition) is 5. The van der Waals surface area contributed by atoms with Crippen LogP contribution in [0.25, 0.3) is 0 Å². The van der Waals surface area contributed by atoms with E-state index in [1.165, 1.54) is 4.90 Å². The Morgan fingerprint density at radius 3 is 2.56 bits per heavy atom. The van der Waals surface area contributed by atoms with Gasteiger partial charge in [0.05, 0.1) is 10.9 Å². The number of esters is 1. The minimum absolute atomic E-state index is 0.00249. The van der Waals surface area contributed by atoms with Gasteiger partial charge in [-0.3, -0.25) is 14.4 Å². The second kappa shape index (κ2) is 10.7. The Balaban J connectivity index is 1.59. The molecule has 1 aromatic carbocycles. The van der Waals surface area contributed by atoms with Gasteiger partial charge in [0, 0.05) is 13.1 Å². The van der Waals surface area contributed by atoms with Crippen molar-refractivity contribution in [1.29, 1.82) is 0 Å². The number of hydrogen-bond donors (Lipinski definition) is 1. The molecule has 0 aromatic heterocycles. The molecule has 1 aromatic rings. The molecule has 0 spiro atoms. The van der Waals surface area contributed by atoms with Crippen molar-refractivity contribution in [2.45, 2.75) is 76.9 Å². The maximum absolute atomic E-state index is 12.9. The summed E-state index contributed by atoms with van der Waals surface area (Å²) in [5.41, 5.74) is 1.14. The molecule has 0 bridgehead atoms. The molecule has 1 aliphatic carbocycles. The summed E-state index contributed by atoms with van der Waals surface area (Å²) in [6, 6.07) is 4.92. The Labute approximate surface area is 198 Å². The van der Waals surface area contributed by atoms with E-state index in [9.17, 15) is 14.4 Å². The van der Waals surface area contributed by atoms with Crippen LogP contribution in [0, 0.1) is 0 Å². The van der Waals surface area contributed by atoms with E-state index in [4.69, 9.17) is 9.47 Å². The van der Waals surface area contributed by atoms with E-state index in [-0.39, 0.29) is 36.4 Å². The molecule has 176 valence electrons. The van der Waals surface area contributed by atoms with Gasteiger partial charge >= 0.3 is 5.97 Å². The molecule has 2 amide bonds. The summed E-state index contributed by atoms with van der Waals surface area (Å²) in [6.45, 7) is 6.84. The molecule has 1 saturated carbocycles. The molecule has 7 nitrogen and oxygen atoms in total. The quantitative estimate of drug-likeness (QED) is 0.591. The first kappa shape index (κ1) is 24.6. The van der Waals surface area contributed by atoms with Gasteiger partial charge in [0.15, 0.2) is 6.61 Å². The maximum Gasteiger partial charge on any atom is 0.308 e. The van der Waals surface area contributed by atoms with Crippen LogP contribution in [0.1, 0.15) is 64.9 Å². The summed E-state index contributed by atoms with van der Waals surface area (Å²) in [5.74, 6) is -0.540. The summed E-state index contributed by atoms with van der Waals surface area (Å²) < 4.78 is 12.1. The van der Waals surface area contributed by atoms with E-state index in [1.807, 2.05) is 18.2 Å². The van der Waals surface area contributed by atoms with Crippen molar-refractivity contribution in [3.05, 3.63) is 28.2 Å². The van der Waals surface area contributed by atoms with Crippen LogP contribution in [0.3, 0.4) is 0 Å². The zero-order valence-electron chi connectivity index (χ0n) is 19.1. The number of amides is 2. The second-order valence-electron chi connectivity index (χ2n) is 9.53. The molecular weight excluding hydrogens is 476 g/mol. The third-order valence-corrected chi connectivity index (χ3v) is 6.63. The van der Waals surface area contributed by atoms with Gasteiger partial charge in [0.2, 0.25) is 5.91 Å². The first-order chi connectivity index (χ1) is 15.1. The van der Waals surface area contributed by atoms with E-state index in [0.717, 1.165) is 42.1 Å². The van der Waals surface area contributed by atoms with E-state index in [0.29, 0.717) is 18.8 Å². The summed E-state index contributed by atoms with van der Waals surface area (Å²) in [5, 5.41) is 2.74. The average molecular weight is 509 g/mol. The fourth-order valence-electron chi connectivity index (χ4n) is 4.10. The van der Waals surface area contributed by atoms with Crippen molar-refractivity contribution in [1.82, 2.24) is 10.2 Å². The minimum atomic E-state index is -0.873. The van der Waals surface area contributed by atoms with E-state index in [1.54, 1.807) is 0 Å². The highest BCUT2D eigenvalue weighted by molar-refractivity contribution is 9.10. The van der Waals surface area contributed by atoms with Crippen molar-refractivity contribution >= 4 is 33.7 Å². The molecule has 2 aliphatic rings. The lowest BCUT2D eigenvalue weighted by molar-refractivity contribution is -0.156. The molecule has 1 aliphatic heterocycles. The lowest BCUT2D eigenvalue weighted by Crippen LogP contribution is -2.58. The molecule has 1 heterocycles. The Kier molecular flexibility index (Phi) is 8.20. The molecule has 1 unspecified atom stereocenters. The number of ether oxygens (including phenoxy) is 2. The van der Waals surface area contributed by atoms with Crippen LogP contribution in [0.15, 0.2) is 22.7 Å². The molecule has 1 atom stereocenters. The number of rotatable bonds is 6. The number of carbonyl (C=O) groups excluding carboxylic acids is 3. The zero-order valence-corrected chi connectivity index (χ0v) is 20.7. The fourth-order valence-corrected chi connectivity index (χ4v) is 4.59. The van der Waals surface area contributed by atoms with Crippen molar-refractivity contribution in [2.24, 2.45) is 0 Å². The van der Waals surface area contributed by atoms with Crippen LogP contribution in [0.2, 0.25) is 0 Å². The molecule has 1 N–H and O–H groups in total. The van der Waals surface area contributed by atoms with Crippen LogP contribution < -0.4 is 10.1 Å². The van der Waals surface area contributed by atoms with E-state index >= 15 is 0 Å². The monoisotopic (exact) mass is 508 g/mol. The smallest absolute Gasteiger partial charge is 0.308 e. The number of carbonyl (C=O) groups is 3. The van der Waals surface area contributed by atoms with Gasteiger partial charge < -0.3 is 19.7 Å². The van der Waals surface area contributed by atoms with Crippen LogP contribution >= 0.6 is 15.9 Å². The standard InChI is InChI=1S/C24H33BrN2O5/c1-24(2,3)16-9-10-20(18(25)13-16)31-15-21(28)27-12-11-26-23(30)19(27)14-22(29)32-17-7-5-4-6-8-17/h9-10,13,17,19H,4-8,11-12,14-15H2,1-3H3,(H,26,30). The number of nitrogens with one attached hydrogen (secondary N) is 1. The third-order valence-electron chi connectivity index (χ3n) is 6.01. The maximum atomic E-state index is 12.9. The van der Waals surface area contributed by atoms with E-state index in [2.05, 4.69) is 42.0 Å². The first-order valence-electron chi connectivity index (χ1n) is 11.3. The van der Waals surface area contributed by atoms with Crippen molar-refractivity contribution < 1.29 is 23.9 Å². The third kappa shape index (κ3) is 6.47. The lowest BCUT2D eigenvalue weighted by atomic mass is 9.87. The van der Waals surface area contributed by atoms with Crippen molar-refractivity contribution in [2.75, 3.05) is 19.7 Å². The zero-order chi connectivity index (χ0) is 23.3. The largest absolute Gasteiger partial charge is 0.483 e. The molecule has 2 fully saturated rings. The molecule has 3 rings (SSSR count). The van der Waals surface area contributed by atoms with E-state index < -0.39 is 12.0 Å². The Bertz CT molecular complexity index is 845. The normalized spacial score (nSPS) is 19.9. The Hall–Kier alpha value is -2.09. The topological polar surface area (TPSA) is 84.9 Å². The predicted octanol–water partition coefficient (Wildman–Crippen LogP) is 3.72. The van der Waals surface area contributed by atoms with Crippen LogP contribution in [0.5, 0.6) is 5.75 Å². The van der Waals surface area contributed by atoms with Gasteiger partial charge in [-0.05, 0) is 64.7 Å². The minimum Gasteiger partial charge on any atom is -0.483 e. The van der Waals surface area contributed by atoms with Crippen LogP contribution in [-0.2, 0) is 24.5 Å². The molecule has 32 heavy (non-hydrogen) atoms. The average Bonchev–Trinajstić information content (AvgIpc) is 2.74. The van der Waals surface area contributed by atoms with Gasteiger partial charge in [-0.25, -0.2) is 0 Å². The first-order valence-corrected chi connectivity index (χ1v) is 12.1. The molecule has 0 radical (unpaired) electrons. The second-order valence-corrected chi connectivity index (χ2v) is 10.4. The predicted molar refractivity (Wildman–Crippen MR) is 124 cm³/mol. The van der Waals surface area contributed by atoms with Gasteiger partial charge in [0.1, 0.15) is 17.9 Å². The molecular formula is C24H33BrN2O5. The SMILES string of the molecule is CC(C)(C)c1ccc(OCC(=O)N2CCNC(=O)C2CC(=O)OC2CCCCC2)c(Br)c1. The summed E-state index contributed by atoms with van der Waals surface area (Å²) >= 11 is 3.51. The highest BCUT2D eigenvalue weighted by Crippen LogP contribution is 2.31. The van der Waals surface area contributed by atoms with Crippen LogP contribution in [0.4, 0.5) is 0 Å². The molecule has 8 heteroatoms. The summed E-state index contributed by atoms with van der Waals surface area (Å²) in [6.07, 6.45) is 4.77. The highest BCUT2D eigenvalue weighted by atomic mass is 79.9. The van der Waals surface area contributed by atoms with Crippen molar-refractivity contribution in [3.63, 3.8) is 0 Å². The van der Waals surface area contributed by atoms with Crippen LogP contribution in [-0.4, -0.2) is 54.5 Å². The number of benzene rings is 1. The number of nitrogens with zero attached hydrogens (tertiary/aromatic N) is 1. The Morgan fingerprint density at radius 1 is 1.19 bits per heavy atom. The lowest BCUT2D eigenvalue weighted by Gasteiger charge is -2.35. The van der Waals surface area contributed by atoms with Gasteiger partial charge in [-0.15, -0.1) is 0 Å². The van der Waals surface area contributed by atoms with Crippen molar-refractivity contribution in [3.8, 4) is 5.75 Å². The highest BCUT2D eigenvalue weighted by Gasteiger charge is 2.36. The van der Waals surface area contributed by atoms with Gasteiger partial charge in [-0.2, -0.15) is 0 Å². The Morgan fingerprint density at radius 2 is 1.91 bits per heavy atom. The fraction of sp³-hybridized carbons (Fsp3) is 0.625. The molecule has 1 saturated heterocycles.